The largest absolute Gasteiger partial charge is 0.507 e. The van der Waals surface area contributed by atoms with Gasteiger partial charge in [0.25, 0.3) is 5.91 Å². The van der Waals surface area contributed by atoms with E-state index in [1.165, 1.54) is 6.07 Å². The predicted octanol–water partition coefficient (Wildman–Crippen LogP) is 2.80. The number of aromatic nitrogens is 1. The Morgan fingerprint density at radius 3 is 2.39 bits per heavy atom. The summed E-state index contributed by atoms with van der Waals surface area (Å²) in [5, 5.41) is 9.59. The molecule has 1 aromatic heterocycles. The molecule has 94 valence electrons. The first-order valence-corrected chi connectivity index (χ1v) is 6.52. The van der Waals surface area contributed by atoms with Crippen molar-refractivity contribution >= 4 is 28.5 Å². The quantitative estimate of drug-likeness (QED) is 0.814. The Bertz CT molecular complexity index is 586. The van der Waals surface area contributed by atoms with Gasteiger partial charge in [0.2, 0.25) is 0 Å². The van der Waals surface area contributed by atoms with Gasteiger partial charge < -0.3 is 5.11 Å². The second-order valence-corrected chi connectivity index (χ2v) is 5.22. The first-order chi connectivity index (χ1) is 8.49. The fraction of sp³-hybridized carbons (Fsp3) is 0.154. The van der Waals surface area contributed by atoms with Gasteiger partial charge in [-0.3, -0.25) is 14.9 Å². The van der Waals surface area contributed by atoms with Crippen LogP contribution in [-0.2, 0) is 0 Å². The van der Waals surface area contributed by atoms with Gasteiger partial charge in [-0.2, -0.15) is 0 Å². The number of phenols is 1. The van der Waals surface area contributed by atoms with Gasteiger partial charge in [0.1, 0.15) is 5.75 Å². The van der Waals surface area contributed by atoms with Crippen LogP contribution in [0.15, 0.2) is 30.3 Å². The van der Waals surface area contributed by atoms with Crippen LogP contribution in [0.25, 0.3) is 0 Å². The van der Waals surface area contributed by atoms with Crippen LogP contribution in [0.2, 0.25) is 0 Å². The van der Waals surface area contributed by atoms with Crippen molar-refractivity contribution in [2.45, 2.75) is 13.8 Å². The number of nitrogens with one attached hydrogen (secondary N) is 1. The van der Waals surface area contributed by atoms with E-state index in [1.807, 2.05) is 48.6 Å². The number of carbonyl (C=O) groups excluding carboxylic acids is 1. The van der Waals surface area contributed by atoms with E-state index in [9.17, 15) is 9.90 Å². The van der Waals surface area contributed by atoms with Crippen LogP contribution in [0.5, 0.6) is 5.75 Å². The minimum absolute atomic E-state index is 0.115. The highest BCUT2D eigenvalue weighted by Crippen LogP contribution is 2.20. The highest BCUT2D eigenvalue weighted by molar-refractivity contribution is 14.1. The van der Waals surface area contributed by atoms with Gasteiger partial charge in [0.05, 0.1) is 3.57 Å². The van der Waals surface area contributed by atoms with E-state index in [2.05, 4.69) is 5.43 Å². The Hall–Kier alpha value is -1.50. The van der Waals surface area contributed by atoms with Crippen molar-refractivity contribution < 1.29 is 9.90 Å². The maximum atomic E-state index is 12.0. The van der Waals surface area contributed by atoms with E-state index in [1.54, 1.807) is 16.8 Å². The second kappa shape index (κ2) is 5.01. The standard InChI is InChI=1S/C13H13IN2O2/c1-8-3-4-9(2)16(8)15-13(18)10-5-6-11(14)12(17)7-10/h3-7,17H,1-2H3,(H,15,18). The molecule has 0 aliphatic heterocycles. The maximum Gasteiger partial charge on any atom is 0.270 e. The maximum absolute atomic E-state index is 12.0. The third kappa shape index (κ3) is 2.50. The molecule has 0 saturated carbocycles. The molecule has 0 bridgehead atoms. The molecule has 0 atom stereocenters. The van der Waals surface area contributed by atoms with Crippen LogP contribution in [0.1, 0.15) is 21.7 Å². The van der Waals surface area contributed by atoms with Gasteiger partial charge in [-0.05, 0) is 66.8 Å². The van der Waals surface area contributed by atoms with Crippen molar-refractivity contribution in [3.8, 4) is 5.75 Å². The summed E-state index contributed by atoms with van der Waals surface area (Å²) in [4.78, 5) is 12.0. The summed E-state index contributed by atoms with van der Waals surface area (Å²) in [6.07, 6.45) is 0. The molecule has 5 heteroatoms. The van der Waals surface area contributed by atoms with E-state index in [4.69, 9.17) is 0 Å². The molecule has 1 amide bonds. The SMILES string of the molecule is Cc1ccc(C)n1NC(=O)c1ccc(I)c(O)c1. The van der Waals surface area contributed by atoms with Gasteiger partial charge in [0, 0.05) is 17.0 Å². The molecule has 0 aliphatic carbocycles. The minimum atomic E-state index is -0.246. The molecule has 2 rings (SSSR count). The number of amides is 1. The highest BCUT2D eigenvalue weighted by atomic mass is 127. The zero-order chi connectivity index (χ0) is 13.3. The Labute approximate surface area is 119 Å². The summed E-state index contributed by atoms with van der Waals surface area (Å²) < 4.78 is 2.44. The Kier molecular flexibility index (Phi) is 3.60. The lowest BCUT2D eigenvalue weighted by atomic mass is 10.2. The molecular formula is C13H13IN2O2. The molecule has 0 fully saturated rings. The molecule has 1 heterocycles. The third-order valence-electron chi connectivity index (χ3n) is 2.69. The summed E-state index contributed by atoms with van der Waals surface area (Å²) in [6, 6.07) is 8.72. The van der Waals surface area contributed by atoms with Crippen molar-refractivity contribution in [1.29, 1.82) is 0 Å². The summed E-state index contributed by atoms with van der Waals surface area (Å²) in [7, 11) is 0. The van der Waals surface area contributed by atoms with Gasteiger partial charge in [0.15, 0.2) is 0 Å². The second-order valence-electron chi connectivity index (χ2n) is 4.06. The van der Waals surface area contributed by atoms with Gasteiger partial charge >= 0.3 is 0 Å². The first kappa shape index (κ1) is 12.9. The Morgan fingerprint density at radius 2 is 1.83 bits per heavy atom. The normalized spacial score (nSPS) is 10.4. The lowest BCUT2D eigenvalue weighted by Crippen LogP contribution is -2.24. The number of hydrogen-bond acceptors (Lipinski definition) is 2. The monoisotopic (exact) mass is 356 g/mol. The Balaban J connectivity index is 2.25. The zero-order valence-electron chi connectivity index (χ0n) is 10.1. The molecule has 0 spiro atoms. The number of halogens is 1. The lowest BCUT2D eigenvalue weighted by Gasteiger charge is -2.11. The molecule has 0 saturated heterocycles. The van der Waals surface area contributed by atoms with Crippen LogP contribution >= 0.6 is 22.6 Å². The molecule has 4 nitrogen and oxygen atoms in total. The van der Waals surface area contributed by atoms with Crippen molar-refractivity contribution in [2.24, 2.45) is 0 Å². The fourth-order valence-electron chi connectivity index (χ4n) is 1.66. The van der Waals surface area contributed by atoms with Gasteiger partial charge in [-0.25, -0.2) is 0 Å². The molecule has 1 aromatic carbocycles. The number of benzene rings is 1. The van der Waals surface area contributed by atoms with E-state index in [-0.39, 0.29) is 11.7 Å². The average Bonchev–Trinajstić information content (AvgIpc) is 2.64. The molecule has 0 unspecified atom stereocenters. The number of aromatic hydroxyl groups is 1. The number of phenolic OH excluding ortho intramolecular Hbond substituents is 1. The summed E-state index contributed by atoms with van der Waals surface area (Å²) in [5.74, 6) is -0.131. The van der Waals surface area contributed by atoms with Crippen molar-refractivity contribution in [2.75, 3.05) is 5.43 Å². The lowest BCUT2D eigenvalue weighted by molar-refractivity contribution is 0.101. The molecule has 2 aromatic rings. The van der Waals surface area contributed by atoms with Gasteiger partial charge in [-0.15, -0.1) is 0 Å². The van der Waals surface area contributed by atoms with Crippen LogP contribution in [-0.4, -0.2) is 15.7 Å². The van der Waals surface area contributed by atoms with Crippen molar-refractivity contribution in [1.82, 2.24) is 4.68 Å². The molecule has 2 N–H and O–H groups in total. The fourth-order valence-corrected chi connectivity index (χ4v) is 2.00. The van der Waals surface area contributed by atoms with Crippen LogP contribution in [0, 0.1) is 17.4 Å². The highest BCUT2D eigenvalue weighted by Gasteiger charge is 2.10. The molecule has 18 heavy (non-hydrogen) atoms. The topological polar surface area (TPSA) is 54.3 Å². The summed E-state index contributed by atoms with van der Waals surface area (Å²) in [6.45, 7) is 3.83. The zero-order valence-corrected chi connectivity index (χ0v) is 12.2. The number of nitrogens with zero attached hydrogens (tertiary/aromatic N) is 1. The number of rotatable bonds is 2. The van der Waals surface area contributed by atoms with E-state index >= 15 is 0 Å². The van der Waals surface area contributed by atoms with Gasteiger partial charge in [-0.1, -0.05) is 0 Å². The van der Waals surface area contributed by atoms with E-state index in [0.717, 1.165) is 15.0 Å². The third-order valence-corrected chi connectivity index (χ3v) is 3.61. The van der Waals surface area contributed by atoms with E-state index in [0.29, 0.717) is 5.56 Å². The Morgan fingerprint density at radius 1 is 1.22 bits per heavy atom. The summed E-state index contributed by atoms with van der Waals surface area (Å²) >= 11 is 2.01. The number of carbonyl (C=O) groups is 1. The molecular weight excluding hydrogens is 343 g/mol. The predicted molar refractivity (Wildman–Crippen MR) is 78.4 cm³/mol. The van der Waals surface area contributed by atoms with Crippen LogP contribution in [0.4, 0.5) is 0 Å². The average molecular weight is 356 g/mol. The van der Waals surface area contributed by atoms with Crippen molar-refractivity contribution in [3.05, 3.63) is 50.9 Å². The minimum Gasteiger partial charge on any atom is -0.507 e. The van der Waals surface area contributed by atoms with Crippen LogP contribution in [0.3, 0.4) is 0 Å². The van der Waals surface area contributed by atoms with Crippen LogP contribution < -0.4 is 5.43 Å². The number of aryl methyl sites for hydroxylation is 2. The first-order valence-electron chi connectivity index (χ1n) is 5.44. The molecule has 0 aliphatic rings. The number of hydrogen-bond donors (Lipinski definition) is 2. The van der Waals surface area contributed by atoms with E-state index < -0.39 is 0 Å². The smallest absolute Gasteiger partial charge is 0.270 e. The molecule has 0 radical (unpaired) electrons. The van der Waals surface area contributed by atoms with Crippen molar-refractivity contribution in [3.63, 3.8) is 0 Å². The summed E-state index contributed by atoms with van der Waals surface area (Å²) in [5.41, 5.74) is 5.13.